The average molecular weight is 283 g/mol. The molecule has 3 heteroatoms. The number of pyridine rings is 1. The molecule has 2 aromatic rings. The predicted octanol–water partition coefficient (Wildman–Crippen LogP) is 3.25. The minimum Gasteiger partial charge on any atom is -0.314 e. The van der Waals surface area contributed by atoms with Crippen LogP contribution in [0.1, 0.15) is 38.2 Å². The Labute approximate surface area is 127 Å². The van der Waals surface area contributed by atoms with E-state index in [1.54, 1.807) is 0 Å². The van der Waals surface area contributed by atoms with Gasteiger partial charge < -0.3 is 10.6 Å². The summed E-state index contributed by atoms with van der Waals surface area (Å²) >= 11 is 0. The fraction of sp³-hybridized carbons (Fsp3) is 0.500. The second-order valence-electron chi connectivity index (χ2n) is 6.16. The molecule has 21 heavy (non-hydrogen) atoms. The van der Waals surface area contributed by atoms with Gasteiger partial charge in [-0.1, -0.05) is 30.7 Å². The fourth-order valence-electron chi connectivity index (χ4n) is 3.23. The van der Waals surface area contributed by atoms with Gasteiger partial charge in [0, 0.05) is 30.2 Å². The zero-order valence-electron chi connectivity index (χ0n) is 12.8. The second-order valence-corrected chi connectivity index (χ2v) is 6.16. The zero-order valence-corrected chi connectivity index (χ0v) is 12.8. The number of nitrogens with zero attached hydrogens (tertiary/aromatic N) is 1. The van der Waals surface area contributed by atoms with Gasteiger partial charge in [-0.25, -0.2) is 0 Å². The maximum Gasteiger partial charge on any atom is 0.0746 e. The van der Waals surface area contributed by atoms with E-state index >= 15 is 0 Å². The third kappa shape index (κ3) is 3.80. The van der Waals surface area contributed by atoms with Gasteiger partial charge in [0.1, 0.15) is 0 Å². The third-order valence-corrected chi connectivity index (χ3v) is 4.41. The number of rotatable bonds is 5. The summed E-state index contributed by atoms with van der Waals surface area (Å²) in [7, 11) is 0. The Kier molecular flexibility index (Phi) is 4.84. The molecule has 1 aliphatic rings. The van der Waals surface area contributed by atoms with Crippen LogP contribution < -0.4 is 10.6 Å². The molecule has 3 rings (SSSR count). The Balaban J connectivity index is 1.58. The number of benzene rings is 1. The Morgan fingerprint density at radius 3 is 3.05 bits per heavy atom. The lowest BCUT2D eigenvalue weighted by molar-refractivity contribution is 0.344. The molecule has 1 aromatic carbocycles. The SMILES string of the molecule is CC(CC1CCCCN1)NCc1cccc2cccnc12. The minimum atomic E-state index is 0.527. The van der Waals surface area contributed by atoms with Crippen molar-refractivity contribution in [3.8, 4) is 0 Å². The first-order valence-electron chi connectivity index (χ1n) is 8.12. The highest BCUT2D eigenvalue weighted by Gasteiger charge is 2.15. The van der Waals surface area contributed by atoms with Crippen LogP contribution in [0.3, 0.4) is 0 Å². The van der Waals surface area contributed by atoms with Gasteiger partial charge in [-0.15, -0.1) is 0 Å². The summed E-state index contributed by atoms with van der Waals surface area (Å²) in [6.45, 7) is 4.36. The molecule has 0 radical (unpaired) electrons. The van der Waals surface area contributed by atoms with E-state index in [9.17, 15) is 0 Å². The summed E-state index contributed by atoms with van der Waals surface area (Å²) in [6.07, 6.45) is 7.11. The lowest BCUT2D eigenvalue weighted by Crippen LogP contribution is -2.39. The normalized spacial score (nSPS) is 20.5. The maximum absolute atomic E-state index is 4.52. The molecule has 0 amide bonds. The van der Waals surface area contributed by atoms with Crippen LogP contribution in [0, 0.1) is 0 Å². The summed E-state index contributed by atoms with van der Waals surface area (Å²) in [5, 5.41) is 8.50. The van der Waals surface area contributed by atoms with Gasteiger partial charge in [0.2, 0.25) is 0 Å². The smallest absolute Gasteiger partial charge is 0.0746 e. The second kappa shape index (κ2) is 7.01. The van der Waals surface area contributed by atoms with E-state index in [-0.39, 0.29) is 0 Å². The summed E-state index contributed by atoms with van der Waals surface area (Å²) in [4.78, 5) is 4.52. The van der Waals surface area contributed by atoms with Crippen molar-refractivity contribution >= 4 is 10.9 Å². The van der Waals surface area contributed by atoms with Crippen LogP contribution in [-0.4, -0.2) is 23.6 Å². The average Bonchev–Trinajstić information content (AvgIpc) is 2.54. The maximum atomic E-state index is 4.52. The van der Waals surface area contributed by atoms with Gasteiger partial charge in [0.15, 0.2) is 0 Å². The Bertz CT molecular complexity index is 570. The van der Waals surface area contributed by atoms with E-state index in [0.717, 1.165) is 12.1 Å². The molecule has 0 spiro atoms. The van der Waals surface area contributed by atoms with Crippen molar-refractivity contribution in [2.75, 3.05) is 6.54 Å². The summed E-state index contributed by atoms with van der Waals surface area (Å²) < 4.78 is 0. The lowest BCUT2D eigenvalue weighted by Gasteiger charge is -2.26. The highest BCUT2D eigenvalue weighted by molar-refractivity contribution is 5.81. The number of hydrogen-bond acceptors (Lipinski definition) is 3. The van der Waals surface area contributed by atoms with Crippen LogP contribution in [0.15, 0.2) is 36.5 Å². The van der Waals surface area contributed by atoms with E-state index in [2.05, 4.69) is 46.8 Å². The molecule has 2 unspecified atom stereocenters. The Morgan fingerprint density at radius 2 is 2.19 bits per heavy atom. The van der Waals surface area contributed by atoms with Gasteiger partial charge in [0.05, 0.1) is 5.52 Å². The minimum absolute atomic E-state index is 0.527. The number of hydrogen-bond donors (Lipinski definition) is 2. The number of fused-ring (bicyclic) bond motifs is 1. The van der Waals surface area contributed by atoms with Gasteiger partial charge in [-0.2, -0.15) is 0 Å². The van der Waals surface area contributed by atoms with Crippen LogP contribution in [0.25, 0.3) is 10.9 Å². The molecule has 2 heterocycles. The van der Waals surface area contributed by atoms with Crippen molar-refractivity contribution < 1.29 is 0 Å². The Hall–Kier alpha value is -1.45. The van der Waals surface area contributed by atoms with E-state index in [0.29, 0.717) is 12.1 Å². The molecule has 2 N–H and O–H groups in total. The van der Waals surface area contributed by atoms with Crippen LogP contribution >= 0.6 is 0 Å². The molecule has 1 aliphatic heterocycles. The quantitative estimate of drug-likeness (QED) is 0.884. The van der Waals surface area contributed by atoms with Crippen LogP contribution in [0.2, 0.25) is 0 Å². The highest BCUT2D eigenvalue weighted by Crippen LogP contribution is 2.16. The van der Waals surface area contributed by atoms with Crippen molar-refractivity contribution in [2.24, 2.45) is 0 Å². The van der Waals surface area contributed by atoms with Crippen LogP contribution in [0.4, 0.5) is 0 Å². The van der Waals surface area contributed by atoms with Gasteiger partial charge >= 0.3 is 0 Å². The first-order valence-corrected chi connectivity index (χ1v) is 8.12. The van der Waals surface area contributed by atoms with E-state index in [1.807, 2.05) is 12.3 Å². The molecule has 2 atom stereocenters. The number of para-hydroxylation sites is 1. The monoisotopic (exact) mass is 283 g/mol. The molecular formula is C18H25N3. The highest BCUT2D eigenvalue weighted by atomic mass is 15.0. The van der Waals surface area contributed by atoms with Gasteiger partial charge in [-0.3, -0.25) is 4.98 Å². The third-order valence-electron chi connectivity index (χ3n) is 4.41. The first kappa shape index (κ1) is 14.5. The van der Waals surface area contributed by atoms with Crippen LogP contribution in [0.5, 0.6) is 0 Å². The van der Waals surface area contributed by atoms with Gasteiger partial charge in [0.25, 0.3) is 0 Å². The summed E-state index contributed by atoms with van der Waals surface area (Å²) in [6, 6.07) is 11.8. The topological polar surface area (TPSA) is 37.0 Å². The van der Waals surface area contributed by atoms with Gasteiger partial charge in [-0.05, 0) is 44.4 Å². The molecule has 1 fully saturated rings. The van der Waals surface area contributed by atoms with E-state index < -0.39 is 0 Å². The summed E-state index contributed by atoms with van der Waals surface area (Å²) in [5.41, 5.74) is 2.41. The zero-order chi connectivity index (χ0) is 14.5. The van der Waals surface area contributed by atoms with Crippen molar-refractivity contribution in [3.63, 3.8) is 0 Å². The largest absolute Gasteiger partial charge is 0.314 e. The lowest BCUT2D eigenvalue weighted by atomic mass is 9.98. The molecule has 0 bridgehead atoms. The number of aromatic nitrogens is 1. The van der Waals surface area contributed by atoms with Crippen LogP contribution in [-0.2, 0) is 6.54 Å². The van der Waals surface area contributed by atoms with Crippen molar-refractivity contribution in [2.45, 2.75) is 51.2 Å². The molecule has 0 saturated carbocycles. The standard InChI is InChI=1S/C18H25N3/c1-14(12-17-9-2-3-10-19-17)21-13-16-7-4-6-15-8-5-11-20-18(15)16/h4-8,11,14,17,19,21H,2-3,9-10,12-13H2,1H3. The molecular weight excluding hydrogens is 258 g/mol. The first-order chi connectivity index (χ1) is 10.3. The summed E-state index contributed by atoms with van der Waals surface area (Å²) in [5.74, 6) is 0. The van der Waals surface area contributed by atoms with E-state index in [1.165, 1.54) is 43.2 Å². The molecule has 1 aromatic heterocycles. The molecule has 112 valence electrons. The number of piperidine rings is 1. The molecule has 3 nitrogen and oxygen atoms in total. The fourth-order valence-corrected chi connectivity index (χ4v) is 3.23. The van der Waals surface area contributed by atoms with Crippen molar-refractivity contribution in [1.82, 2.24) is 15.6 Å². The Morgan fingerprint density at radius 1 is 1.29 bits per heavy atom. The predicted molar refractivity (Wildman–Crippen MR) is 88.3 cm³/mol. The van der Waals surface area contributed by atoms with Crippen molar-refractivity contribution in [3.05, 3.63) is 42.1 Å². The molecule has 1 saturated heterocycles. The molecule has 0 aliphatic carbocycles. The van der Waals surface area contributed by atoms with Crippen molar-refractivity contribution in [1.29, 1.82) is 0 Å². The van der Waals surface area contributed by atoms with E-state index in [4.69, 9.17) is 0 Å². The number of nitrogens with one attached hydrogen (secondary N) is 2.